The van der Waals surface area contributed by atoms with E-state index in [2.05, 4.69) is 49.8 Å². The van der Waals surface area contributed by atoms with Gasteiger partial charge in [0.1, 0.15) is 6.54 Å². The third-order valence-electron chi connectivity index (χ3n) is 3.07. The molecule has 114 valence electrons. The van der Waals surface area contributed by atoms with Gasteiger partial charge < -0.3 is 10.0 Å². The first-order valence-corrected chi connectivity index (χ1v) is 6.62. The number of rotatable bonds is 8. The molecule has 0 saturated carbocycles. The van der Waals surface area contributed by atoms with Gasteiger partial charge in [-0.25, -0.2) is 9.36 Å². The number of carbonyl (C=O) groups is 1. The zero-order valence-corrected chi connectivity index (χ0v) is 11.9. The lowest BCUT2D eigenvalue weighted by Crippen LogP contribution is -2.27. The Kier molecular flexibility index (Phi) is 4.87. The number of aliphatic carboxylic acids is 1. The molecule has 0 aromatic carbocycles. The van der Waals surface area contributed by atoms with Crippen molar-refractivity contribution in [3.05, 3.63) is 0 Å². The highest BCUT2D eigenvalue weighted by molar-refractivity contribution is 5.67. The Morgan fingerprint density at radius 1 is 1.10 bits per heavy atom. The fourth-order valence-corrected chi connectivity index (χ4v) is 1.89. The van der Waals surface area contributed by atoms with Gasteiger partial charge in [0.25, 0.3) is 0 Å². The minimum absolute atomic E-state index is 0.238. The predicted octanol–water partition coefficient (Wildman–Crippen LogP) is -1.25. The van der Waals surface area contributed by atoms with Gasteiger partial charge >= 0.3 is 5.97 Å². The molecule has 21 heavy (non-hydrogen) atoms. The second kappa shape index (κ2) is 6.83. The molecule has 0 amide bonds. The second-order valence-corrected chi connectivity index (χ2v) is 4.31. The highest BCUT2D eigenvalue weighted by Gasteiger charge is 2.18. The van der Waals surface area contributed by atoms with E-state index in [1.165, 1.54) is 0 Å². The van der Waals surface area contributed by atoms with Crippen LogP contribution in [0.4, 0.5) is 0 Å². The van der Waals surface area contributed by atoms with Gasteiger partial charge in [0.05, 0.1) is 6.54 Å². The minimum atomic E-state index is -1.04. The van der Waals surface area contributed by atoms with Gasteiger partial charge in [-0.3, -0.25) is 4.79 Å². The Morgan fingerprint density at radius 2 is 1.67 bits per heavy atom. The normalized spacial score (nSPS) is 11.2. The van der Waals surface area contributed by atoms with Crippen LogP contribution in [0.5, 0.6) is 0 Å². The number of hydrogen-bond donors (Lipinski definition) is 1. The Hall–Kier alpha value is -2.43. The van der Waals surface area contributed by atoms with E-state index in [4.69, 9.17) is 5.11 Å². The van der Waals surface area contributed by atoms with Crippen molar-refractivity contribution in [2.75, 3.05) is 19.6 Å². The quantitative estimate of drug-likeness (QED) is 0.635. The van der Waals surface area contributed by atoms with E-state index < -0.39 is 5.97 Å². The molecule has 0 bridgehead atoms. The van der Waals surface area contributed by atoms with E-state index >= 15 is 0 Å². The summed E-state index contributed by atoms with van der Waals surface area (Å²) in [6, 6.07) is 0. The van der Waals surface area contributed by atoms with E-state index in [0.717, 1.165) is 24.3 Å². The first-order chi connectivity index (χ1) is 10.2. The van der Waals surface area contributed by atoms with Gasteiger partial charge in [-0.15, -0.1) is 10.2 Å². The third kappa shape index (κ3) is 3.56. The lowest BCUT2D eigenvalue weighted by Gasteiger charge is -2.17. The number of carboxylic acid groups (broad SMARTS) is 1. The summed E-state index contributed by atoms with van der Waals surface area (Å²) in [5, 5.41) is 31.2. The highest BCUT2D eigenvalue weighted by Crippen LogP contribution is 2.10. The van der Waals surface area contributed by atoms with Crippen LogP contribution < -0.4 is 0 Å². The van der Waals surface area contributed by atoms with E-state index in [1.807, 2.05) is 0 Å². The molecule has 2 aromatic heterocycles. The van der Waals surface area contributed by atoms with Crippen LogP contribution in [0, 0.1) is 0 Å². The van der Waals surface area contributed by atoms with Crippen LogP contribution in [0.3, 0.4) is 0 Å². The van der Waals surface area contributed by atoms with Crippen molar-refractivity contribution in [1.82, 2.24) is 45.3 Å². The van der Waals surface area contributed by atoms with Gasteiger partial charge in [0, 0.05) is 6.54 Å². The van der Waals surface area contributed by atoms with E-state index in [0.29, 0.717) is 12.4 Å². The number of hydrogen-bond acceptors (Lipinski definition) is 8. The molecule has 2 aromatic rings. The molecule has 0 spiro atoms. The largest absolute Gasteiger partial charge is 0.480 e. The van der Waals surface area contributed by atoms with Crippen LogP contribution in [-0.2, 0) is 17.9 Å². The molecule has 0 radical (unpaired) electrons. The lowest BCUT2D eigenvalue weighted by molar-refractivity contribution is -0.137. The topological polar surface area (TPSA) is 128 Å². The van der Waals surface area contributed by atoms with Crippen LogP contribution in [0.2, 0.25) is 0 Å². The van der Waals surface area contributed by atoms with Crippen LogP contribution in [0.1, 0.15) is 13.8 Å². The van der Waals surface area contributed by atoms with Crippen LogP contribution in [0.25, 0.3) is 11.6 Å². The standard InChI is InChI=1S/C10H17N9O2/c1-3-17(4-2)5-6-18-9(11-13-15-18)10-12-14-16-19(10)7-8(20)21/h3-7H2,1-2H3,(H,20,21). The fraction of sp³-hybridized carbons (Fsp3) is 0.700. The predicted molar refractivity (Wildman–Crippen MR) is 70.1 cm³/mol. The summed E-state index contributed by atoms with van der Waals surface area (Å²) in [5.74, 6) is -0.443. The van der Waals surface area contributed by atoms with Gasteiger partial charge in [-0.1, -0.05) is 13.8 Å². The highest BCUT2D eigenvalue weighted by atomic mass is 16.4. The summed E-state index contributed by atoms with van der Waals surface area (Å²) in [6.07, 6.45) is 0. The summed E-state index contributed by atoms with van der Waals surface area (Å²) in [6.45, 7) is 7.05. The maximum absolute atomic E-state index is 10.8. The minimum Gasteiger partial charge on any atom is -0.480 e. The third-order valence-corrected chi connectivity index (χ3v) is 3.07. The van der Waals surface area contributed by atoms with Crippen LogP contribution in [-0.4, -0.2) is 76.0 Å². The molecule has 0 aliphatic heterocycles. The molecule has 0 fully saturated rings. The molecule has 11 nitrogen and oxygen atoms in total. The lowest BCUT2D eigenvalue weighted by atomic mass is 10.4. The van der Waals surface area contributed by atoms with Gasteiger partial charge in [0.2, 0.25) is 11.6 Å². The van der Waals surface area contributed by atoms with Gasteiger partial charge in [-0.05, 0) is 33.9 Å². The molecule has 0 unspecified atom stereocenters. The Morgan fingerprint density at radius 3 is 2.24 bits per heavy atom. The summed E-state index contributed by atoms with van der Waals surface area (Å²) in [7, 11) is 0. The summed E-state index contributed by atoms with van der Waals surface area (Å²) >= 11 is 0. The SMILES string of the molecule is CCN(CC)CCn1nnnc1-c1nnnn1CC(=O)O. The Balaban J connectivity index is 2.16. The van der Waals surface area contributed by atoms with Crippen molar-refractivity contribution >= 4 is 5.97 Å². The van der Waals surface area contributed by atoms with E-state index in [9.17, 15) is 4.79 Å². The van der Waals surface area contributed by atoms with Crippen molar-refractivity contribution in [2.45, 2.75) is 26.9 Å². The summed E-state index contributed by atoms with van der Waals surface area (Å²) in [4.78, 5) is 13.0. The van der Waals surface area contributed by atoms with E-state index in [-0.39, 0.29) is 12.4 Å². The zero-order chi connectivity index (χ0) is 15.2. The molecular formula is C10H17N9O2. The first kappa shape index (κ1) is 15.0. The van der Waals surface area contributed by atoms with Gasteiger partial charge in [-0.2, -0.15) is 0 Å². The molecule has 2 heterocycles. The van der Waals surface area contributed by atoms with Crippen molar-refractivity contribution in [3.63, 3.8) is 0 Å². The van der Waals surface area contributed by atoms with Gasteiger partial charge in [0.15, 0.2) is 0 Å². The zero-order valence-electron chi connectivity index (χ0n) is 11.9. The maximum atomic E-state index is 10.8. The van der Waals surface area contributed by atoms with Crippen LogP contribution in [0.15, 0.2) is 0 Å². The number of likely N-dealkylation sites (N-methyl/N-ethyl adjacent to an activating group) is 1. The second-order valence-electron chi connectivity index (χ2n) is 4.31. The smallest absolute Gasteiger partial charge is 0.325 e. The maximum Gasteiger partial charge on any atom is 0.325 e. The average Bonchev–Trinajstić information content (AvgIpc) is 3.07. The van der Waals surface area contributed by atoms with Crippen molar-refractivity contribution in [1.29, 1.82) is 0 Å². The number of aromatic nitrogens is 8. The first-order valence-electron chi connectivity index (χ1n) is 6.62. The molecule has 11 heteroatoms. The molecule has 0 aliphatic carbocycles. The average molecular weight is 295 g/mol. The molecule has 1 N–H and O–H groups in total. The molecule has 0 saturated heterocycles. The van der Waals surface area contributed by atoms with E-state index in [1.54, 1.807) is 4.68 Å². The number of carboxylic acids is 1. The van der Waals surface area contributed by atoms with Crippen molar-refractivity contribution in [3.8, 4) is 11.6 Å². The number of nitrogens with zero attached hydrogens (tertiary/aromatic N) is 9. The van der Waals surface area contributed by atoms with Crippen LogP contribution >= 0.6 is 0 Å². The van der Waals surface area contributed by atoms with Crippen molar-refractivity contribution in [2.24, 2.45) is 0 Å². The molecule has 0 aliphatic rings. The number of tetrazole rings is 2. The molecule has 2 rings (SSSR count). The Labute approximate surface area is 120 Å². The summed E-state index contributed by atoms with van der Waals surface area (Å²) in [5.41, 5.74) is 0. The molecule has 0 atom stereocenters. The summed E-state index contributed by atoms with van der Waals surface area (Å²) < 4.78 is 2.73. The monoisotopic (exact) mass is 295 g/mol. The Bertz CT molecular complexity index is 589. The molecular weight excluding hydrogens is 278 g/mol. The fourth-order valence-electron chi connectivity index (χ4n) is 1.89. The van der Waals surface area contributed by atoms with Crippen molar-refractivity contribution < 1.29 is 9.90 Å².